The molecule has 1 saturated carbocycles. The van der Waals surface area contributed by atoms with Gasteiger partial charge in [0, 0.05) is 23.1 Å². The number of benzene rings is 1. The zero-order valence-electron chi connectivity index (χ0n) is 12.7. The van der Waals surface area contributed by atoms with Crippen molar-refractivity contribution in [1.82, 2.24) is 5.32 Å². The van der Waals surface area contributed by atoms with E-state index in [1.165, 1.54) is 12.1 Å². The van der Waals surface area contributed by atoms with E-state index in [1.807, 2.05) is 0 Å². The molecule has 1 aliphatic carbocycles. The zero-order valence-corrected chi connectivity index (χ0v) is 13.5. The summed E-state index contributed by atoms with van der Waals surface area (Å²) < 4.78 is 12.8. The number of hydrogen-bond donors (Lipinski definition) is 1. The van der Waals surface area contributed by atoms with E-state index >= 15 is 0 Å². The maximum absolute atomic E-state index is 12.8. The number of nitrogens with zero attached hydrogens (tertiary/aromatic N) is 1. The Morgan fingerprint density at radius 1 is 1.38 bits per heavy atom. The van der Waals surface area contributed by atoms with E-state index in [0.29, 0.717) is 4.90 Å². The van der Waals surface area contributed by atoms with E-state index in [4.69, 9.17) is 0 Å². The Morgan fingerprint density at radius 2 is 2.00 bits per heavy atom. The Morgan fingerprint density at radius 3 is 2.52 bits per heavy atom. The predicted molar refractivity (Wildman–Crippen MR) is 83.8 cm³/mol. The van der Waals surface area contributed by atoms with E-state index in [2.05, 4.69) is 26.1 Å². The Bertz CT molecular complexity index is 542. The maximum Gasteiger partial charge on any atom is 0.269 e. The summed E-state index contributed by atoms with van der Waals surface area (Å²) in [6.45, 7) is 7.31. The highest BCUT2D eigenvalue weighted by Crippen LogP contribution is 2.41. The molecular formula is C15H22N2O3S. The molecule has 0 aliphatic heterocycles. The molecule has 1 fully saturated rings. The minimum Gasteiger partial charge on any atom is -0.313 e. The van der Waals surface area contributed by atoms with E-state index in [9.17, 15) is 14.3 Å². The van der Waals surface area contributed by atoms with Crippen molar-refractivity contribution in [2.75, 3.05) is 6.54 Å². The van der Waals surface area contributed by atoms with Crippen molar-refractivity contribution in [2.45, 2.75) is 49.8 Å². The van der Waals surface area contributed by atoms with Crippen LogP contribution in [0.15, 0.2) is 29.2 Å². The molecule has 3 unspecified atom stereocenters. The van der Waals surface area contributed by atoms with Crippen LogP contribution in [0.25, 0.3) is 0 Å². The third kappa shape index (κ3) is 3.32. The minimum atomic E-state index is -1.14. The second kappa shape index (κ2) is 6.23. The molecule has 0 radical (unpaired) electrons. The minimum absolute atomic E-state index is 0.0331. The highest BCUT2D eigenvalue weighted by molar-refractivity contribution is 7.85. The van der Waals surface area contributed by atoms with Crippen LogP contribution >= 0.6 is 0 Å². The van der Waals surface area contributed by atoms with Crippen molar-refractivity contribution < 1.29 is 9.13 Å². The molecule has 3 atom stereocenters. The summed E-state index contributed by atoms with van der Waals surface area (Å²) in [5, 5.41) is 14.2. The van der Waals surface area contributed by atoms with Crippen LogP contribution in [0.2, 0.25) is 0 Å². The first-order valence-corrected chi connectivity index (χ1v) is 8.46. The summed E-state index contributed by atoms with van der Waals surface area (Å²) in [6.07, 6.45) is 1.95. The number of hydrogen-bond acceptors (Lipinski definition) is 4. The molecule has 5 nitrogen and oxygen atoms in total. The van der Waals surface area contributed by atoms with Crippen molar-refractivity contribution in [3.8, 4) is 0 Å². The topological polar surface area (TPSA) is 72.2 Å². The Hall–Kier alpha value is -1.27. The van der Waals surface area contributed by atoms with Gasteiger partial charge in [0.15, 0.2) is 0 Å². The smallest absolute Gasteiger partial charge is 0.269 e. The Kier molecular flexibility index (Phi) is 4.78. The summed E-state index contributed by atoms with van der Waals surface area (Å²) in [6, 6.07) is 6.29. The van der Waals surface area contributed by atoms with Crippen LogP contribution in [0, 0.1) is 15.5 Å². The Balaban J connectivity index is 2.20. The summed E-state index contributed by atoms with van der Waals surface area (Å²) in [5.74, 6) is 0. The molecule has 1 aromatic carbocycles. The van der Waals surface area contributed by atoms with Crippen LogP contribution < -0.4 is 5.32 Å². The van der Waals surface area contributed by atoms with Gasteiger partial charge in [-0.1, -0.05) is 20.8 Å². The van der Waals surface area contributed by atoms with Crippen molar-refractivity contribution in [2.24, 2.45) is 5.41 Å². The third-order valence-corrected chi connectivity index (χ3v) is 6.06. The lowest BCUT2D eigenvalue weighted by Gasteiger charge is -2.31. The second-order valence-corrected chi connectivity index (χ2v) is 7.82. The summed E-state index contributed by atoms with van der Waals surface area (Å²) in [5.41, 5.74) is 0.155. The van der Waals surface area contributed by atoms with E-state index < -0.39 is 15.7 Å². The lowest BCUT2D eigenvalue weighted by atomic mass is 9.87. The molecule has 0 saturated heterocycles. The van der Waals surface area contributed by atoms with Crippen molar-refractivity contribution in [3.05, 3.63) is 34.4 Å². The van der Waals surface area contributed by atoms with Gasteiger partial charge in [-0.25, -0.2) is 0 Å². The van der Waals surface area contributed by atoms with E-state index in [0.717, 1.165) is 19.4 Å². The van der Waals surface area contributed by atoms with Gasteiger partial charge in [-0.2, -0.15) is 0 Å². The van der Waals surface area contributed by atoms with Gasteiger partial charge in [0.25, 0.3) is 5.69 Å². The standard InChI is InChI=1S/C15H22N2O3S/c1-4-16-14-13(9-10-15(14,2)3)21(20)12-7-5-11(6-8-12)17(18)19/h5-8,13-14,16H,4,9-10H2,1-3H3. The first-order valence-electron chi connectivity index (χ1n) is 7.25. The molecule has 0 amide bonds. The van der Waals surface area contributed by atoms with Crippen molar-refractivity contribution >= 4 is 16.5 Å². The third-order valence-electron chi connectivity index (χ3n) is 4.27. The molecule has 1 aromatic rings. The monoisotopic (exact) mass is 310 g/mol. The number of nitro benzene ring substituents is 1. The van der Waals surface area contributed by atoms with Gasteiger partial charge >= 0.3 is 0 Å². The van der Waals surface area contributed by atoms with Gasteiger partial charge in [-0.3, -0.25) is 14.3 Å². The first-order chi connectivity index (χ1) is 9.86. The summed E-state index contributed by atoms with van der Waals surface area (Å²) in [7, 11) is -1.14. The SMILES string of the molecule is CCNC1C(S(=O)c2ccc([N+](=O)[O-])cc2)CCC1(C)C. The maximum atomic E-state index is 12.8. The van der Waals surface area contributed by atoms with Crippen LogP contribution in [0.5, 0.6) is 0 Å². The molecule has 1 aliphatic rings. The highest BCUT2D eigenvalue weighted by Gasteiger charge is 2.44. The molecule has 0 spiro atoms. The molecule has 0 aromatic heterocycles. The molecule has 6 heteroatoms. The fourth-order valence-electron chi connectivity index (χ4n) is 3.07. The van der Waals surface area contributed by atoms with Gasteiger partial charge in [0.2, 0.25) is 0 Å². The number of nitro groups is 1. The predicted octanol–water partition coefficient (Wildman–Crippen LogP) is 2.87. The number of nitrogens with one attached hydrogen (secondary N) is 1. The molecule has 0 heterocycles. The zero-order chi connectivity index (χ0) is 15.6. The number of non-ortho nitro benzene ring substituents is 1. The van der Waals surface area contributed by atoms with Crippen LogP contribution in [-0.2, 0) is 10.8 Å². The van der Waals surface area contributed by atoms with Crippen LogP contribution in [-0.4, -0.2) is 27.0 Å². The lowest BCUT2D eigenvalue weighted by molar-refractivity contribution is -0.384. The molecule has 21 heavy (non-hydrogen) atoms. The first kappa shape index (κ1) is 16.1. The fourth-order valence-corrected chi connectivity index (χ4v) is 4.87. The highest BCUT2D eigenvalue weighted by atomic mass is 32.2. The molecule has 1 N–H and O–H groups in total. The summed E-state index contributed by atoms with van der Waals surface area (Å²) >= 11 is 0. The van der Waals surface area contributed by atoms with E-state index in [1.54, 1.807) is 12.1 Å². The average molecular weight is 310 g/mol. The number of rotatable bonds is 5. The van der Waals surface area contributed by atoms with Gasteiger partial charge in [-0.15, -0.1) is 0 Å². The van der Waals surface area contributed by atoms with Gasteiger partial charge < -0.3 is 5.32 Å². The lowest BCUT2D eigenvalue weighted by Crippen LogP contribution is -2.46. The van der Waals surface area contributed by atoms with Crippen LogP contribution in [0.3, 0.4) is 0 Å². The molecular weight excluding hydrogens is 288 g/mol. The second-order valence-electron chi connectivity index (χ2n) is 6.15. The average Bonchev–Trinajstić information content (AvgIpc) is 2.74. The van der Waals surface area contributed by atoms with E-state index in [-0.39, 0.29) is 22.4 Å². The van der Waals surface area contributed by atoms with Gasteiger partial charge in [0.1, 0.15) is 0 Å². The largest absolute Gasteiger partial charge is 0.313 e. The fraction of sp³-hybridized carbons (Fsp3) is 0.600. The van der Waals surface area contributed by atoms with Gasteiger partial charge in [-0.05, 0) is 36.9 Å². The normalized spacial score (nSPS) is 25.7. The summed E-state index contributed by atoms with van der Waals surface area (Å²) in [4.78, 5) is 10.9. The molecule has 2 rings (SSSR count). The van der Waals surface area contributed by atoms with Crippen molar-refractivity contribution in [3.63, 3.8) is 0 Å². The van der Waals surface area contributed by atoms with Crippen LogP contribution in [0.1, 0.15) is 33.6 Å². The van der Waals surface area contributed by atoms with Crippen molar-refractivity contribution in [1.29, 1.82) is 0 Å². The quantitative estimate of drug-likeness (QED) is 0.670. The molecule has 0 bridgehead atoms. The van der Waals surface area contributed by atoms with Gasteiger partial charge in [0.05, 0.1) is 21.0 Å². The van der Waals surface area contributed by atoms with Crippen LogP contribution in [0.4, 0.5) is 5.69 Å². The molecule has 116 valence electrons. The Labute approximate surface area is 127 Å².